The van der Waals surface area contributed by atoms with Crippen LogP contribution in [0.25, 0.3) is 0 Å². The Morgan fingerprint density at radius 2 is 2.21 bits per heavy atom. The van der Waals surface area contributed by atoms with Crippen LogP contribution in [0.3, 0.4) is 0 Å². The predicted octanol–water partition coefficient (Wildman–Crippen LogP) is 4.35. The molecule has 3 atom stereocenters. The first-order valence-corrected chi connectivity index (χ1v) is 10.8. The second-order valence-corrected chi connectivity index (χ2v) is 9.11. The lowest BCUT2D eigenvalue weighted by atomic mass is 9.80. The number of hydrogen-bond acceptors (Lipinski definition) is 5. The molecule has 9 heteroatoms. The number of hydrogen-bond donors (Lipinski definition) is 3. The van der Waals surface area contributed by atoms with Gasteiger partial charge < -0.3 is 11.1 Å². The van der Waals surface area contributed by atoms with Gasteiger partial charge in [-0.15, -0.1) is 11.8 Å². The maximum Gasteiger partial charge on any atom is 0.275 e. The fourth-order valence-corrected chi connectivity index (χ4v) is 5.81. The summed E-state index contributed by atoms with van der Waals surface area (Å²) >= 11 is 13.5. The van der Waals surface area contributed by atoms with Gasteiger partial charge in [-0.25, -0.2) is 9.37 Å². The molecular weight excluding hydrogens is 422 g/mol. The number of rotatable bonds is 3. The van der Waals surface area contributed by atoms with E-state index in [-0.39, 0.29) is 22.0 Å². The molecule has 2 aromatic rings. The van der Waals surface area contributed by atoms with Crippen molar-refractivity contribution in [1.29, 1.82) is 0 Å². The van der Waals surface area contributed by atoms with Crippen molar-refractivity contribution in [3.05, 3.63) is 57.6 Å². The van der Waals surface area contributed by atoms with Gasteiger partial charge in [0, 0.05) is 23.2 Å². The van der Waals surface area contributed by atoms with Crippen molar-refractivity contribution in [2.24, 2.45) is 11.7 Å². The molecular formula is C19H19Cl2FN4OS. The molecule has 148 valence electrons. The van der Waals surface area contributed by atoms with Gasteiger partial charge in [0.1, 0.15) is 17.0 Å². The zero-order valence-electron chi connectivity index (χ0n) is 14.8. The molecule has 1 saturated carbocycles. The lowest BCUT2D eigenvalue weighted by molar-refractivity contribution is 0.102. The summed E-state index contributed by atoms with van der Waals surface area (Å²) in [5, 5.41) is 6.66. The Morgan fingerprint density at radius 1 is 1.39 bits per heavy atom. The summed E-state index contributed by atoms with van der Waals surface area (Å²) in [6, 6.07) is 6.04. The first kappa shape index (κ1) is 19.9. The van der Waals surface area contributed by atoms with E-state index in [4.69, 9.17) is 28.9 Å². The second kappa shape index (κ2) is 7.80. The minimum atomic E-state index is -0.508. The molecule has 2 heterocycles. The summed E-state index contributed by atoms with van der Waals surface area (Å²) in [5.74, 6) is 0.391. The number of carbonyl (C=O) groups excluding carboxylic acids is 1. The largest absolute Gasteiger partial charge is 0.321 e. The van der Waals surface area contributed by atoms with Gasteiger partial charge in [-0.3, -0.25) is 10.1 Å². The molecule has 4 N–H and O–H groups in total. The van der Waals surface area contributed by atoms with E-state index >= 15 is 0 Å². The molecule has 1 unspecified atom stereocenters. The number of anilines is 1. The maximum absolute atomic E-state index is 14.8. The second-order valence-electron chi connectivity index (χ2n) is 7.09. The average Bonchev–Trinajstić information content (AvgIpc) is 3.07. The van der Waals surface area contributed by atoms with Gasteiger partial charge in [-0.2, -0.15) is 0 Å². The number of amides is 1. The predicted molar refractivity (Wildman–Crippen MR) is 111 cm³/mol. The number of fused-ring (bicyclic) bond motifs is 1. The van der Waals surface area contributed by atoms with Crippen LogP contribution in [-0.2, 0) is 5.54 Å². The zero-order chi connectivity index (χ0) is 19.9. The molecule has 28 heavy (non-hydrogen) atoms. The molecule has 1 amide bonds. The molecule has 0 bridgehead atoms. The highest BCUT2D eigenvalue weighted by atomic mass is 35.5. The average molecular weight is 441 g/mol. The van der Waals surface area contributed by atoms with Crippen LogP contribution in [-0.4, -0.2) is 22.1 Å². The summed E-state index contributed by atoms with van der Waals surface area (Å²) in [5.41, 5.74) is 6.43. The summed E-state index contributed by atoms with van der Waals surface area (Å²) < 4.78 is 14.8. The molecule has 2 aliphatic rings. The van der Waals surface area contributed by atoms with E-state index in [1.54, 1.807) is 17.8 Å². The van der Waals surface area contributed by atoms with E-state index < -0.39 is 11.4 Å². The Balaban J connectivity index is 1.65. The van der Waals surface area contributed by atoms with E-state index in [2.05, 4.69) is 15.6 Å². The number of aromatic nitrogens is 1. The lowest BCUT2D eigenvalue weighted by Gasteiger charge is -2.43. The molecule has 1 aliphatic carbocycles. The fraction of sp³-hybridized carbons (Fsp3) is 0.368. The van der Waals surface area contributed by atoms with Gasteiger partial charge in [0.05, 0.1) is 15.6 Å². The molecule has 0 radical (unpaired) electrons. The molecule has 2 fully saturated rings. The maximum atomic E-state index is 14.8. The normalized spacial score (nSPS) is 26.7. The highest BCUT2D eigenvalue weighted by Crippen LogP contribution is 2.49. The van der Waals surface area contributed by atoms with Crippen LogP contribution in [0.4, 0.5) is 10.1 Å². The van der Waals surface area contributed by atoms with Crippen LogP contribution in [0.1, 0.15) is 35.3 Å². The smallest absolute Gasteiger partial charge is 0.275 e. The summed E-state index contributed by atoms with van der Waals surface area (Å²) in [6.07, 6.45) is 4.19. The number of thioether (sulfide) groups is 1. The van der Waals surface area contributed by atoms with Crippen molar-refractivity contribution in [2.75, 3.05) is 11.1 Å². The Labute approximate surface area is 176 Å². The van der Waals surface area contributed by atoms with Gasteiger partial charge in [0.25, 0.3) is 5.91 Å². The minimum absolute atomic E-state index is 0.0584. The third-order valence-corrected chi connectivity index (χ3v) is 6.99. The number of nitrogens with zero attached hydrogens (tertiary/aromatic N) is 1. The van der Waals surface area contributed by atoms with Crippen LogP contribution >= 0.6 is 35.0 Å². The van der Waals surface area contributed by atoms with Gasteiger partial charge >= 0.3 is 0 Å². The first-order valence-electron chi connectivity index (χ1n) is 8.96. The summed E-state index contributed by atoms with van der Waals surface area (Å²) in [6.45, 7) is 0. The summed E-state index contributed by atoms with van der Waals surface area (Å²) in [4.78, 5) is 16.5. The summed E-state index contributed by atoms with van der Waals surface area (Å²) in [7, 11) is 0. The Kier molecular flexibility index (Phi) is 5.55. The number of nitrogens with one attached hydrogen (secondary N) is 2. The Hall–Kier alpha value is -1.38. The molecule has 1 aromatic heterocycles. The first-order chi connectivity index (χ1) is 13.4. The Bertz CT molecular complexity index is 931. The molecule has 4 rings (SSSR count). The third kappa shape index (κ3) is 3.62. The molecule has 1 aliphatic heterocycles. The fourth-order valence-electron chi connectivity index (χ4n) is 4.16. The Morgan fingerprint density at radius 3 is 3.00 bits per heavy atom. The topological polar surface area (TPSA) is 80.0 Å². The van der Waals surface area contributed by atoms with Crippen LogP contribution in [0.2, 0.25) is 10.0 Å². The standard InChI is InChI=1S/C19H19Cl2FN4OS/c20-11-6-14(21)16(24-8-11)17(27)25-12-3-4-15(22)13(7-12)19-5-1-2-10(19)9-28-18(23)26-19/h3-4,6-8,10,18,26H,1-2,5,9,23H2,(H,25,27)/t10-,18?,19-/m0/s1. The van der Waals surface area contributed by atoms with Crippen LogP contribution in [0.5, 0.6) is 0 Å². The minimum Gasteiger partial charge on any atom is -0.321 e. The van der Waals surface area contributed by atoms with Gasteiger partial charge in [0.15, 0.2) is 0 Å². The molecule has 0 spiro atoms. The number of benzene rings is 1. The van der Waals surface area contributed by atoms with E-state index in [0.29, 0.717) is 22.2 Å². The molecule has 5 nitrogen and oxygen atoms in total. The van der Waals surface area contributed by atoms with E-state index in [9.17, 15) is 9.18 Å². The van der Waals surface area contributed by atoms with E-state index in [0.717, 1.165) is 25.0 Å². The molecule has 1 saturated heterocycles. The number of halogens is 3. The van der Waals surface area contributed by atoms with Gasteiger partial charge in [-0.05, 0) is 43.0 Å². The van der Waals surface area contributed by atoms with Crippen LogP contribution < -0.4 is 16.4 Å². The van der Waals surface area contributed by atoms with E-state index in [1.807, 2.05) is 0 Å². The highest BCUT2D eigenvalue weighted by Gasteiger charge is 2.49. The monoisotopic (exact) mass is 440 g/mol. The van der Waals surface area contributed by atoms with Crippen molar-refractivity contribution in [2.45, 2.75) is 30.3 Å². The number of pyridine rings is 1. The van der Waals surface area contributed by atoms with Crippen molar-refractivity contribution in [3.63, 3.8) is 0 Å². The SMILES string of the molecule is NC1N[C@@]2(c3cc(NC(=O)c4ncc(Cl)cc4Cl)ccc3F)CCC[C@H]2CS1. The van der Waals surface area contributed by atoms with Crippen molar-refractivity contribution in [1.82, 2.24) is 10.3 Å². The lowest BCUT2D eigenvalue weighted by Crippen LogP contribution is -2.57. The van der Waals surface area contributed by atoms with E-state index in [1.165, 1.54) is 24.4 Å². The van der Waals surface area contributed by atoms with Crippen molar-refractivity contribution >= 4 is 46.6 Å². The van der Waals surface area contributed by atoms with Gasteiger partial charge in [-0.1, -0.05) is 29.6 Å². The van der Waals surface area contributed by atoms with Crippen LogP contribution in [0, 0.1) is 11.7 Å². The highest BCUT2D eigenvalue weighted by molar-refractivity contribution is 7.99. The van der Waals surface area contributed by atoms with Gasteiger partial charge in [0.2, 0.25) is 0 Å². The number of nitrogens with two attached hydrogens (primary N) is 1. The zero-order valence-corrected chi connectivity index (χ0v) is 17.2. The van der Waals surface area contributed by atoms with Crippen LogP contribution in [0.15, 0.2) is 30.5 Å². The van der Waals surface area contributed by atoms with Crippen molar-refractivity contribution < 1.29 is 9.18 Å². The quantitative estimate of drug-likeness (QED) is 0.660. The van der Waals surface area contributed by atoms with Crippen molar-refractivity contribution in [3.8, 4) is 0 Å². The number of carbonyl (C=O) groups is 1. The third-order valence-electron chi connectivity index (χ3n) is 5.43. The molecule has 1 aromatic carbocycles.